The van der Waals surface area contributed by atoms with E-state index in [2.05, 4.69) is 29.6 Å². The second-order valence-corrected chi connectivity index (χ2v) is 9.31. The molecule has 5 nitrogen and oxygen atoms in total. The van der Waals surface area contributed by atoms with Gasteiger partial charge in [-0.05, 0) is 87.1 Å². The van der Waals surface area contributed by atoms with Crippen LogP contribution >= 0.6 is 0 Å². The minimum absolute atomic E-state index is 0.00755. The van der Waals surface area contributed by atoms with Crippen LogP contribution < -0.4 is 14.8 Å². The van der Waals surface area contributed by atoms with Crippen molar-refractivity contribution >= 4 is 5.91 Å². The first-order valence-corrected chi connectivity index (χ1v) is 11.9. The summed E-state index contributed by atoms with van der Waals surface area (Å²) in [5, 5.41) is 2.87. The van der Waals surface area contributed by atoms with Gasteiger partial charge in [0.25, 0.3) is 0 Å². The average Bonchev–Trinajstić information content (AvgIpc) is 3.62. The summed E-state index contributed by atoms with van der Waals surface area (Å²) in [4.78, 5) is 11.1. The number of nitrogens with one attached hydrogen (secondary N) is 1. The fraction of sp³-hybridized carbons (Fsp3) is 0.519. The van der Waals surface area contributed by atoms with Crippen molar-refractivity contribution in [1.82, 2.24) is 5.32 Å². The molecule has 5 heteroatoms. The first-order valence-electron chi connectivity index (χ1n) is 11.9. The van der Waals surface area contributed by atoms with Gasteiger partial charge in [-0.15, -0.1) is 0 Å². The van der Waals surface area contributed by atoms with Crippen LogP contribution in [-0.4, -0.2) is 31.3 Å². The van der Waals surface area contributed by atoms with E-state index in [0.717, 1.165) is 55.5 Å². The van der Waals surface area contributed by atoms with Crippen LogP contribution in [0, 0.1) is 5.92 Å². The van der Waals surface area contributed by atoms with E-state index >= 15 is 0 Å². The summed E-state index contributed by atoms with van der Waals surface area (Å²) >= 11 is 0. The molecule has 2 saturated carbocycles. The molecule has 0 bridgehead atoms. The molecule has 0 saturated heterocycles. The van der Waals surface area contributed by atoms with E-state index in [1.807, 2.05) is 31.2 Å². The molecule has 1 atom stereocenters. The van der Waals surface area contributed by atoms with Crippen LogP contribution in [0.4, 0.5) is 0 Å². The highest BCUT2D eigenvalue weighted by atomic mass is 16.5. The van der Waals surface area contributed by atoms with Gasteiger partial charge in [0.15, 0.2) is 0 Å². The van der Waals surface area contributed by atoms with Gasteiger partial charge in [-0.3, -0.25) is 4.79 Å². The zero-order valence-corrected chi connectivity index (χ0v) is 19.2. The number of benzene rings is 2. The van der Waals surface area contributed by atoms with Crippen molar-refractivity contribution in [2.75, 3.05) is 13.2 Å². The Morgan fingerprint density at radius 3 is 2.38 bits per heavy atom. The standard InChI is InChI=1S/C27H35NO4/c1-19(28-20(2)29)17-30-24-12-8-22(9-13-24)23-10-14-25(15-11-23)32-27-5-3-4-26(16-27)31-18-21-6-7-21/h3-5,10-11,14-16,19,21-22,24H,6-9,12-13,17-18H2,1-2H3,(H,28,29)/t19?,22-,24+. The molecule has 2 fully saturated rings. The average molecular weight is 438 g/mol. The van der Waals surface area contributed by atoms with Gasteiger partial charge in [0, 0.05) is 19.0 Å². The predicted octanol–water partition coefficient (Wildman–Crippen LogP) is 5.84. The van der Waals surface area contributed by atoms with Gasteiger partial charge >= 0.3 is 0 Å². The molecule has 0 spiro atoms. The molecule has 2 aliphatic rings. The first kappa shape index (κ1) is 22.7. The van der Waals surface area contributed by atoms with E-state index in [0.29, 0.717) is 18.6 Å². The van der Waals surface area contributed by atoms with Crippen LogP contribution in [0.5, 0.6) is 17.2 Å². The van der Waals surface area contributed by atoms with Gasteiger partial charge in [0.1, 0.15) is 17.2 Å². The molecule has 32 heavy (non-hydrogen) atoms. The summed E-state index contributed by atoms with van der Waals surface area (Å²) in [6.07, 6.45) is 7.23. The monoisotopic (exact) mass is 437 g/mol. The van der Waals surface area contributed by atoms with Gasteiger partial charge in [-0.2, -0.15) is 0 Å². The van der Waals surface area contributed by atoms with E-state index < -0.39 is 0 Å². The Morgan fingerprint density at radius 2 is 1.69 bits per heavy atom. The Bertz CT molecular complexity index is 869. The molecule has 1 N–H and O–H groups in total. The molecule has 2 aliphatic carbocycles. The zero-order valence-electron chi connectivity index (χ0n) is 19.2. The van der Waals surface area contributed by atoms with Gasteiger partial charge in [-0.25, -0.2) is 0 Å². The normalized spacial score (nSPS) is 21.6. The topological polar surface area (TPSA) is 56.8 Å². The highest BCUT2D eigenvalue weighted by molar-refractivity contribution is 5.73. The second-order valence-electron chi connectivity index (χ2n) is 9.31. The summed E-state index contributed by atoms with van der Waals surface area (Å²) in [5.41, 5.74) is 1.36. The lowest BCUT2D eigenvalue weighted by Crippen LogP contribution is -2.36. The Morgan fingerprint density at radius 1 is 0.969 bits per heavy atom. The Balaban J connectivity index is 1.23. The highest BCUT2D eigenvalue weighted by Crippen LogP contribution is 2.35. The molecule has 4 rings (SSSR count). The van der Waals surface area contributed by atoms with Crippen molar-refractivity contribution in [2.24, 2.45) is 5.92 Å². The van der Waals surface area contributed by atoms with Crippen molar-refractivity contribution in [3.05, 3.63) is 54.1 Å². The number of hydrogen-bond donors (Lipinski definition) is 1. The largest absolute Gasteiger partial charge is 0.493 e. The molecule has 0 radical (unpaired) electrons. The summed E-state index contributed by atoms with van der Waals surface area (Å²) in [7, 11) is 0. The number of amides is 1. The first-order chi connectivity index (χ1) is 15.5. The van der Waals surface area contributed by atoms with Crippen LogP contribution in [0.25, 0.3) is 0 Å². The summed E-state index contributed by atoms with van der Waals surface area (Å²) in [6.45, 7) is 4.90. The zero-order chi connectivity index (χ0) is 22.3. The second kappa shape index (κ2) is 10.9. The number of carbonyl (C=O) groups excluding carboxylic acids is 1. The Kier molecular flexibility index (Phi) is 7.69. The molecular weight excluding hydrogens is 402 g/mol. The molecule has 2 aromatic carbocycles. The lowest BCUT2D eigenvalue weighted by Gasteiger charge is -2.29. The summed E-state index contributed by atoms with van der Waals surface area (Å²) in [6, 6.07) is 16.4. The third-order valence-electron chi connectivity index (χ3n) is 6.28. The summed E-state index contributed by atoms with van der Waals surface area (Å²) in [5.74, 6) is 3.81. The molecule has 1 amide bonds. The SMILES string of the molecule is CC(=O)NC(C)CO[C@H]1CC[C@@H](c2ccc(Oc3cccc(OCC4CC4)c3)cc2)CC1. The Hall–Kier alpha value is -2.53. The van der Waals surface area contributed by atoms with Crippen LogP contribution in [0.3, 0.4) is 0 Å². The highest BCUT2D eigenvalue weighted by Gasteiger charge is 2.24. The van der Waals surface area contributed by atoms with Gasteiger partial charge < -0.3 is 19.5 Å². The van der Waals surface area contributed by atoms with Crippen molar-refractivity contribution in [3.8, 4) is 17.2 Å². The lowest BCUT2D eigenvalue weighted by molar-refractivity contribution is -0.120. The number of ether oxygens (including phenoxy) is 3. The van der Waals surface area contributed by atoms with Gasteiger partial charge in [-0.1, -0.05) is 18.2 Å². The lowest BCUT2D eigenvalue weighted by atomic mass is 9.83. The van der Waals surface area contributed by atoms with Crippen molar-refractivity contribution in [1.29, 1.82) is 0 Å². The fourth-order valence-electron chi connectivity index (χ4n) is 4.30. The van der Waals surface area contributed by atoms with E-state index in [1.54, 1.807) is 6.92 Å². The third-order valence-corrected chi connectivity index (χ3v) is 6.28. The molecule has 172 valence electrons. The fourth-order valence-corrected chi connectivity index (χ4v) is 4.30. The van der Waals surface area contributed by atoms with Crippen LogP contribution in [-0.2, 0) is 9.53 Å². The molecule has 2 aromatic rings. The smallest absolute Gasteiger partial charge is 0.217 e. The number of carbonyl (C=O) groups is 1. The molecule has 0 aliphatic heterocycles. The van der Waals surface area contributed by atoms with E-state index in [4.69, 9.17) is 14.2 Å². The van der Waals surface area contributed by atoms with Crippen LogP contribution in [0.2, 0.25) is 0 Å². The van der Waals surface area contributed by atoms with Crippen molar-refractivity contribution < 1.29 is 19.0 Å². The third kappa shape index (κ3) is 6.99. The van der Waals surface area contributed by atoms with Crippen LogP contribution in [0.1, 0.15) is 63.9 Å². The molecule has 0 aromatic heterocycles. The van der Waals surface area contributed by atoms with E-state index in [9.17, 15) is 4.79 Å². The molecular formula is C27H35NO4. The summed E-state index contributed by atoms with van der Waals surface area (Å²) < 4.78 is 17.9. The van der Waals surface area contributed by atoms with Gasteiger partial charge in [0.05, 0.1) is 19.3 Å². The Labute approximate surface area is 191 Å². The van der Waals surface area contributed by atoms with Crippen molar-refractivity contribution in [2.45, 2.75) is 70.4 Å². The maximum atomic E-state index is 11.1. The van der Waals surface area contributed by atoms with E-state index in [1.165, 1.54) is 18.4 Å². The molecule has 0 heterocycles. The maximum Gasteiger partial charge on any atom is 0.217 e. The minimum Gasteiger partial charge on any atom is -0.493 e. The number of hydrogen-bond acceptors (Lipinski definition) is 4. The van der Waals surface area contributed by atoms with Crippen molar-refractivity contribution in [3.63, 3.8) is 0 Å². The molecule has 1 unspecified atom stereocenters. The quantitative estimate of drug-likeness (QED) is 0.508. The maximum absolute atomic E-state index is 11.1. The van der Waals surface area contributed by atoms with E-state index in [-0.39, 0.29) is 11.9 Å². The predicted molar refractivity (Wildman–Crippen MR) is 125 cm³/mol. The minimum atomic E-state index is -0.00755. The number of rotatable bonds is 10. The van der Waals surface area contributed by atoms with Crippen LogP contribution in [0.15, 0.2) is 48.5 Å². The van der Waals surface area contributed by atoms with Gasteiger partial charge in [0.2, 0.25) is 5.91 Å².